The van der Waals surface area contributed by atoms with E-state index >= 15 is 0 Å². The molecule has 0 aromatic heterocycles. The molecule has 1 fully saturated rings. The number of ether oxygens (including phenoxy) is 1. The molecule has 0 heterocycles. The van der Waals surface area contributed by atoms with E-state index in [0.29, 0.717) is 12.4 Å². The molecule has 0 aromatic rings. The Bertz CT molecular complexity index is 235. The van der Waals surface area contributed by atoms with Gasteiger partial charge in [-0.15, -0.1) is 0 Å². The molecule has 0 amide bonds. The maximum absolute atomic E-state index is 10.5. The Morgan fingerprint density at radius 1 is 1.40 bits per heavy atom. The summed E-state index contributed by atoms with van der Waals surface area (Å²) >= 11 is 0. The van der Waals surface area contributed by atoms with Crippen LogP contribution in [-0.4, -0.2) is 18.4 Å². The van der Waals surface area contributed by atoms with Gasteiger partial charge in [-0.3, -0.25) is 9.59 Å². The molecule has 0 saturated heterocycles. The summed E-state index contributed by atoms with van der Waals surface area (Å²) in [4.78, 5) is 20.7. The van der Waals surface area contributed by atoms with Gasteiger partial charge in [0.05, 0.1) is 12.7 Å². The van der Waals surface area contributed by atoms with E-state index in [4.69, 9.17) is 5.26 Å². The Hall–Kier alpha value is -1.37. The Labute approximate surface area is 90.2 Å². The van der Waals surface area contributed by atoms with Crippen LogP contribution in [0.15, 0.2) is 0 Å². The molecular weight excluding hydrogens is 194 g/mol. The van der Waals surface area contributed by atoms with E-state index in [-0.39, 0.29) is 6.42 Å². The number of ketones is 1. The minimum atomic E-state index is -0.449. The molecule has 0 aromatic carbocycles. The maximum atomic E-state index is 10.5. The van der Waals surface area contributed by atoms with Gasteiger partial charge in [-0.25, -0.2) is 0 Å². The maximum Gasteiger partial charge on any atom is 0.320 e. The molecule has 15 heavy (non-hydrogen) atoms. The zero-order valence-electron chi connectivity index (χ0n) is 9.12. The highest BCUT2D eigenvalue weighted by Crippen LogP contribution is 2.12. The van der Waals surface area contributed by atoms with Crippen LogP contribution in [0, 0.1) is 11.3 Å². The molecule has 1 saturated carbocycles. The monoisotopic (exact) mass is 211 g/mol. The number of carbonyl (C=O) groups excluding carboxylic acids is 2. The number of nitrogens with zero attached hydrogens (tertiary/aromatic N) is 1. The standard InChI is InChI=1S/C6H10O.C5H7NO2/c7-6-4-2-1-3-5-6;1-2-8-5(7)3-4-6/h1-5H2;2-3H2,1H3. The van der Waals surface area contributed by atoms with Gasteiger partial charge in [0.1, 0.15) is 12.2 Å². The van der Waals surface area contributed by atoms with Gasteiger partial charge in [-0.05, 0) is 19.8 Å². The van der Waals surface area contributed by atoms with Crippen molar-refractivity contribution in [1.82, 2.24) is 0 Å². The first-order chi connectivity index (χ1) is 7.20. The van der Waals surface area contributed by atoms with Crippen LogP contribution in [0.4, 0.5) is 0 Å². The van der Waals surface area contributed by atoms with Crippen molar-refractivity contribution in [2.75, 3.05) is 6.61 Å². The minimum absolute atomic E-state index is 0.145. The second-order valence-electron chi connectivity index (χ2n) is 3.24. The molecule has 84 valence electrons. The normalized spacial score (nSPS) is 14.5. The van der Waals surface area contributed by atoms with Crippen molar-refractivity contribution in [2.45, 2.75) is 45.4 Å². The largest absolute Gasteiger partial charge is 0.465 e. The topological polar surface area (TPSA) is 67.2 Å². The first kappa shape index (κ1) is 13.6. The van der Waals surface area contributed by atoms with Crippen LogP contribution < -0.4 is 0 Å². The minimum Gasteiger partial charge on any atom is -0.465 e. The molecule has 4 nitrogen and oxygen atoms in total. The molecule has 1 aliphatic carbocycles. The second kappa shape index (κ2) is 9.20. The van der Waals surface area contributed by atoms with E-state index in [2.05, 4.69) is 4.74 Å². The van der Waals surface area contributed by atoms with Crippen LogP contribution >= 0.6 is 0 Å². The molecule has 0 unspecified atom stereocenters. The van der Waals surface area contributed by atoms with Gasteiger partial charge in [-0.1, -0.05) is 6.42 Å². The van der Waals surface area contributed by atoms with Gasteiger partial charge in [0.2, 0.25) is 0 Å². The lowest BCUT2D eigenvalue weighted by Gasteiger charge is -2.05. The molecule has 0 spiro atoms. The van der Waals surface area contributed by atoms with E-state index in [9.17, 15) is 9.59 Å². The second-order valence-corrected chi connectivity index (χ2v) is 3.24. The summed E-state index contributed by atoms with van der Waals surface area (Å²) in [6.07, 6.45) is 5.09. The summed E-state index contributed by atoms with van der Waals surface area (Å²) in [5.41, 5.74) is 0. The fourth-order valence-electron chi connectivity index (χ4n) is 1.22. The van der Waals surface area contributed by atoms with Crippen LogP contribution in [0.5, 0.6) is 0 Å². The van der Waals surface area contributed by atoms with Gasteiger partial charge in [0.25, 0.3) is 0 Å². The van der Waals surface area contributed by atoms with Gasteiger partial charge in [-0.2, -0.15) is 5.26 Å². The van der Waals surface area contributed by atoms with Crippen molar-refractivity contribution in [3.8, 4) is 6.07 Å². The van der Waals surface area contributed by atoms with Crippen molar-refractivity contribution >= 4 is 11.8 Å². The molecule has 0 aliphatic heterocycles. The van der Waals surface area contributed by atoms with E-state index < -0.39 is 5.97 Å². The first-order valence-corrected chi connectivity index (χ1v) is 5.25. The number of hydrogen-bond donors (Lipinski definition) is 0. The Morgan fingerprint density at radius 3 is 2.33 bits per heavy atom. The third-order valence-electron chi connectivity index (χ3n) is 1.94. The lowest BCUT2D eigenvalue weighted by Crippen LogP contribution is -2.02. The predicted molar refractivity (Wildman–Crippen MR) is 55.0 cm³/mol. The number of Topliss-reactive ketones (excluding diaryl/α,β-unsaturated/α-hetero) is 1. The third kappa shape index (κ3) is 8.95. The Morgan fingerprint density at radius 2 is 2.00 bits per heavy atom. The van der Waals surface area contributed by atoms with Crippen LogP contribution in [0.3, 0.4) is 0 Å². The number of hydrogen-bond acceptors (Lipinski definition) is 4. The van der Waals surface area contributed by atoms with E-state index in [1.54, 1.807) is 13.0 Å². The summed E-state index contributed by atoms with van der Waals surface area (Å²) < 4.78 is 4.42. The molecule has 0 bridgehead atoms. The average molecular weight is 211 g/mol. The van der Waals surface area contributed by atoms with Gasteiger partial charge in [0, 0.05) is 12.8 Å². The summed E-state index contributed by atoms with van der Waals surface area (Å²) in [5.74, 6) is 0.0150. The van der Waals surface area contributed by atoms with E-state index in [1.165, 1.54) is 6.42 Å². The van der Waals surface area contributed by atoms with Gasteiger partial charge < -0.3 is 4.74 Å². The summed E-state index contributed by atoms with van der Waals surface area (Å²) in [6, 6.07) is 1.68. The van der Waals surface area contributed by atoms with Crippen molar-refractivity contribution in [3.05, 3.63) is 0 Å². The SMILES string of the molecule is CCOC(=O)CC#N.O=C1CCCCC1. The Balaban J connectivity index is 0.000000262. The molecule has 0 radical (unpaired) electrons. The molecule has 4 heteroatoms. The van der Waals surface area contributed by atoms with Crippen LogP contribution in [0.25, 0.3) is 0 Å². The zero-order chi connectivity index (χ0) is 11.5. The average Bonchev–Trinajstić information content (AvgIpc) is 2.20. The lowest BCUT2D eigenvalue weighted by atomic mass is 10.00. The fourth-order valence-corrected chi connectivity index (χ4v) is 1.22. The Kier molecular flexibility index (Phi) is 8.36. The number of rotatable bonds is 2. The smallest absolute Gasteiger partial charge is 0.320 e. The number of nitriles is 1. The van der Waals surface area contributed by atoms with Crippen molar-refractivity contribution in [2.24, 2.45) is 0 Å². The quantitative estimate of drug-likeness (QED) is 0.655. The predicted octanol–water partition coefficient (Wildman–Crippen LogP) is 1.98. The summed E-state index contributed by atoms with van der Waals surface area (Å²) in [5, 5.41) is 7.91. The molecular formula is C11H17NO3. The fraction of sp³-hybridized carbons (Fsp3) is 0.727. The number of esters is 1. The highest BCUT2D eigenvalue weighted by Gasteiger charge is 2.05. The molecule has 0 atom stereocenters. The van der Waals surface area contributed by atoms with Gasteiger partial charge in [0.15, 0.2) is 0 Å². The molecule has 1 rings (SSSR count). The van der Waals surface area contributed by atoms with Gasteiger partial charge >= 0.3 is 5.97 Å². The lowest BCUT2D eigenvalue weighted by molar-refractivity contribution is -0.141. The molecule has 0 N–H and O–H groups in total. The summed E-state index contributed by atoms with van der Waals surface area (Å²) in [6.45, 7) is 2.05. The molecule has 1 aliphatic rings. The highest BCUT2D eigenvalue weighted by molar-refractivity contribution is 5.78. The van der Waals surface area contributed by atoms with Crippen LogP contribution in [0.2, 0.25) is 0 Å². The summed E-state index contributed by atoms with van der Waals surface area (Å²) in [7, 11) is 0. The first-order valence-electron chi connectivity index (χ1n) is 5.25. The van der Waals surface area contributed by atoms with Crippen molar-refractivity contribution < 1.29 is 14.3 Å². The van der Waals surface area contributed by atoms with Crippen LogP contribution in [0.1, 0.15) is 45.4 Å². The van der Waals surface area contributed by atoms with Crippen LogP contribution in [-0.2, 0) is 14.3 Å². The van der Waals surface area contributed by atoms with E-state index in [0.717, 1.165) is 25.7 Å². The third-order valence-corrected chi connectivity index (χ3v) is 1.94. The van der Waals surface area contributed by atoms with Crippen molar-refractivity contribution in [3.63, 3.8) is 0 Å². The highest BCUT2D eigenvalue weighted by atomic mass is 16.5. The number of carbonyl (C=O) groups is 2. The van der Waals surface area contributed by atoms with Crippen molar-refractivity contribution in [1.29, 1.82) is 5.26 Å². The van der Waals surface area contributed by atoms with E-state index in [1.807, 2.05) is 0 Å². The zero-order valence-corrected chi connectivity index (χ0v) is 9.12.